The van der Waals surface area contributed by atoms with Gasteiger partial charge in [-0.3, -0.25) is 0 Å². The molecule has 1 aliphatic rings. The number of nitrogens with zero attached hydrogens (tertiary/aromatic N) is 1. The average Bonchev–Trinajstić information content (AvgIpc) is 3.07. The Morgan fingerprint density at radius 2 is 1.95 bits per heavy atom. The van der Waals surface area contributed by atoms with Crippen LogP contribution in [0.4, 0.5) is 0 Å². The van der Waals surface area contributed by atoms with Crippen LogP contribution in [0.25, 0.3) is 11.0 Å². The fourth-order valence-corrected chi connectivity index (χ4v) is 4.58. The van der Waals surface area contributed by atoms with E-state index in [1.165, 1.54) is 0 Å². The Bertz CT molecular complexity index is 739. The van der Waals surface area contributed by atoms with Gasteiger partial charge in [-0.2, -0.15) is 0 Å². The minimum Gasteiger partial charge on any atom is -0.356 e. The number of nitrogens with one attached hydrogen (secondary N) is 1. The molecule has 1 aliphatic carbocycles. The molecule has 1 aromatic heterocycles. The third-order valence-electron chi connectivity index (χ3n) is 4.10. The molecule has 6 nitrogen and oxygen atoms in total. The maximum atomic E-state index is 12.4. The first-order valence-electron chi connectivity index (χ1n) is 7.09. The van der Waals surface area contributed by atoms with Gasteiger partial charge >= 0.3 is 0 Å². The molecule has 0 spiro atoms. The van der Waals surface area contributed by atoms with Gasteiger partial charge in [-0.05, 0) is 25.0 Å². The molecule has 1 saturated carbocycles. The predicted molar refractivity (Wildman–Crippen MR) is 87.3 cm³/mol. The highest BCUT2D eigenvalue weighted by Crippen LogP contribution is 2.30. The van der Waals surface area contributed by atoms with Gasteiger partial charge in [0, 0.05) is 17.5 Å². The van der Waals surface area contributed by atoms with Crippen LogP contribution >= 0.6 is 12.4 Å². The molecule has 0 aliphatic heterocycles. The molecule has 0 amide bonds. The lowest BCUT2D eigenvalue weighted by Gasteiger charge is -2.28. The van der Waals surface area contributed by atoms with Crippen molar-refractivity contribution >= 4 is 33.4 Å². The predicted octanol–water partition coefficient (Wildman–Crippen LogP) is 1.94. The number of hydrogen-bond donors (Lipinski definition) is 2. The monoisotopic (exact) mass is 345 g/mol. The maximum Gasteiger partial charge on any atom is 0.218 e. The SMILES string of the molecule is Cl.NCC1(NS(=O)(=O)Cc2noc3ccccc23)CCCC1. The fraction of sp³-hybridized carbons (Fsp3) is 0.500. The quantitative estimate of drug-likeness (QED) is 0.862. The largest absolute Gasteiger partial charge is 0.356 e. The Hall–Kier alpha value is -1.15. The molecular formula is C14H20ClN3O3S. The van der Waals surface area contributed by atoms with Crippen molar-refractivity contribution in [2.75, 3.05) is 6.54 Å². The standard InChI is InChI=1S/C14H19N3O3S.ClH/c15-10-14(7-3-4-8-14)17-21(18,19)9-12-11-5-1-2-6-13(11)20-16-12;/h1-2,5-6,17H,3-4,7-10,15H2;1H. The maximum absolute atomic E-state index is 12.4. The highest BCUT2D eigenvalue weighted by Gasteiger charge is 2.36. The molecule has 1 aromatic carbocycles. The molecule has 0 unspecified atom stereocenters. The third kappa shape index (κ3) is 3.43. The molecule has 2 aromatic rings. The number of rotatable bonds is 5. The number of para-hydroxylation sites is 1. The van der Waals surface area contributed by atoms with Crippen LogP contribution < -0.4 is 10.5 Å². The number of nitrogens with two attached hydrogens (primary N) is 1. The van der Waals surface area contributed by atoms with Gasteiger partial charge in [0.15, 0.2) is 5.58 Å². The van der Waals surface area contributed by atoms with Crippen molar-refractivity contribution in [2.24, 2.45) is 5.73 Å². The first-order valence-corrected chi connectivity index (χ1v) is 8.74. The molecule has 0 atom stereocenters. The van der Waals surface area contributed by atoms with Gasteiger partial charge in [0.1, 0.15) is 11.4 Å². The van der Waals surface area contributed by atoms with E-state index in [9.17, 15) is 8.42 Å². The number of aromatic nitrogens is 1. The molecule has 3 N–H and O–H groups in total. The molecule has 122 valence electrons. The van der Waals surface area contributed by atoms with Crippen LogP contribution in [-0.2, 0) is 15.8 Å². The van der Waals surface area contributed by atoms with Crippen molar-refractivity contribution in [1.29, 1.82) is 0 Å². The molecule has 0 saturated heterocycles. The van der Waals surface area contributed by atoms with Crippen LogP contribution in [0.1, 0.15) is 31.4 Å². The zero-order valence-electron chi connectivity index (χ0n) is 12.1. The lowest BCUT2D eigenvalue weighted by Crippen LogP contribution is -2.51. The Kier molecular flexibility index (Phi) is 5.11. The summed E-state index contributed by atoms with van der Waals surface area (Å²) in [6.45, 7) is 0.325. The van der Waals surface area contributed by atoms with Gasteiger partial charge in [-0.25, -0.2) is 13.1 Å². The van der Waals surface area contributed by atoms with Gasteiger partial charge in [0.2, 0.25) is 10.0 Å². The molecule has 3 rings (SSSR count). The highest BCUT2D eigenvalue weighted by atomic mass is 35.5. The van der Waals surface area contributed by atoms with E-state index in [2.05, 4.69) is 9.88 Å². The number of halogens is 1. The topological polar surface area (TPSA) is 98.2 Å². The summed E-state index contributed by atoms with van der Waals surface area (Å²) >= 11 is 0. The molecule has 1 heterocycles. The minimum absolute atomic E-state index is 0. The van der Waals surface area contributed by atoms with Gasteiger partial charge < -0.3 is 10.3 Å². The number of fused-ring (bicyclic) bond motifs is 1. The Morgan fingerprint density at radius 3 is 2.64 bits per heavy atom. The molecular weight excluding hydrogens is 326 g/mol. The summed E-state index contributed by atoms with van der Waals surface area (Å²) in [5.74, 6) is -0.189. The molecule has 8 heteroatoms. The summed E-state index contributed by atoms with van der Waals surface area (Å²) in [5, 5.41) is 4.61. The smallest absolute Gasteiger partial charge is 0.218 e. The van der Waals surface area contributed by atoms with Gasteiger partial charge in [0.25, 0.3) is 0 Å². The van der Waals surface area contributed by atoms with Crippen molar-refractivity contribution in [2.45, 2.75) is 37.0 Å². The van der Waals surface area contributed by atoms with E-state index < -0.39 is 15.6 Å². The van der Waals surface area contributed by atoms with E-state index in [0.29, 0.717) is 17.8 Å². The Morgan fingerprint density at radius 1 is 1.27 bits per heavy atom. The van der Waals surface area contributed by atoms with E-state index in [-0.39, 0.29) is 18.2 Å². The lowest BCUT2D eigenvalue weighted by molar-refractivity contribution is 0.398. The van der Waals surface area contributed by atoms with E-state index >= 15 is 0 Å². The molecule has 0 bridgehead atoms. The zero-order valence-corrected chi connectivity index (χ0v) is 13.8. The second-order valence-corrected chi connectivity index (χ2v) is 7.40. The van der Waals surface area contributed by atoms with Gasteiger partial charge in [-0.1, -0.05) is 30.1 Å². The lowest BCUT2D eigenvalue weighted by atomic mass is 10.0. The zero-order chi connectivity index (χ0) is 14.9. The summed E-state index contributed by atoms with van der Waals surface area (Å²) in [5.41, 5.74) is 6.32. The van der Waals surface area contributed by atoms with Crippen LogP contribution in [0.15, 0.2) is 28.8 Å². The summed E-state index contributed by atoms with van der Waals surface area (Å²) < 4.78 is 32.8. The van der Waals surface area contributed by atoms with Crippen LogP contribution in [0.2, 0.25) is 0 Å². The third-order valence-corrected chi connectivity index (χ3v) is 5.50. The normalized spacial score (nSPS) is 17.5. The number of hydrogen-bond acceptors (Lipinski definition) is 5. The first-order chi connectivity index (χ1) is 10.0. The second kappa shape index (κ2) is 6.54. The minimum atomic E-state index is -3.50. The van der Waals surface area contributed by atoms with Gasteiger partial charge in [0.05, 0.1) is 0 Å². The summed E-state index contributed by atoms with van der Waals surface area (Å²) in [7, 11) is -3.50. The van der Waals surface area contributed by atoms with Crippen molar-refractivity contribution in [3.63, 3.8) is 0 Å². The van der Waals surface area contributed by atoms with E-state index in [4.69, 9.17) is 10.3 Å². The van der Waals surface area contributed by atoms with Crippen LogP contribution in [0, 0.1) is 0 Å². The van der Waals surface area contributed by atoms with Crippen molar-refractivity contribution in [1.82, 2.24) is 9.88 Å². The van der Waals surface area contributed by atoms with E-state index in [1.807, 2.05) is 18.2 Å². The second-order valence-electron chi connectivity index (χ2n) is 5.68. The van der Waals surface area contributed by atoms with Crippen molar-refractivity contribution < 1.29 is 12.9 Å². The first kappa shape index (κ1) is 17.2. The number of benzene rings is 1. The van der Waals surface area contributed by atoms with Crippen LogP contribution in [-0.4, -0.2) is 25.7 Å². The summed E-state index contributed by atoms with van der Waals surface area (Å²) in [6, 6.07) is 7.24. The van der Waals surface area contributed by atoms with Crippen LogP contribution in [0.3, 0.4) is 0 Å². The fourth-order valence-electron chi connectivity index (χ4n) is 2.99. The summed E-state index contributed by atoms with van der Waals surface area (Å²) in [6.07, 6.45) is 3.60. The van der Waals surface area contributed by atoms with Crippen molar-refractivity contribution in [3.8, 4) is 0 Å². The Balaban J connectivity index is 0.00000176. The van der Waals surface area contributed by atoms with E-state index in [1.54, 1.807) is 6.07 Å². The average molecular weight is 346 g/mol. The highest BCUT2D eigenvalue weighted by molar-refractivity contribution is 7.88. The summed E-state index contributed by atoms with van der Waals surface area (Å²) in [4.78, 5) is 0. The Labute approximate surface area is 135 Å². The van der Waals surface area contributed by atoms with Crippen molar-refractivity contribution in [3.05, 3.63) is 30.0 Å². The number of sulfonamides is 1. The molecule has 22 heavy (non-hydrogen) atoms. The molecule has 0 radical (unpaired) electrons. The van der Waals surface area contributed by atoms with E-state index in [0.717, 1.165) is 31.1 Å². The van der Waals surface area contributed by atoms with Gasteiger partial charge in [-0.15, -0.1) is 12.4 Å². The molecule has 1 fully saturated rings. The van der Waals surface area contributed by atoms with Crippen LogP contribution in [0.5, 0.6) is 0 Å².